The van der Waals surface area contributed by atoms with E-state index in [0.717, 1.165) is 0 Å². The standard InChI is InChI=1S/C18H11ClF2N2O3.Na/c19-13-6-3-11(7-14(13)21)16-8-15(10-1-4-12(20)5-2-10)22-18(23-16)26-9-17(24)25;/h1-8H,9H2,(H,24,25);/q;+1/p-1. The van der Waals surface area contributed by atoms with Gasteiger partial charge >= 0.3 is 35.6 Å². The summed E-state index contributed by atoms with van der Waals surface area (Å²) in [6, 6.07) is 10.9. The predicted octanol–water partition coefficient (Wildman–Crippen LogP) is -0.125. The van der Waals surface area contributed by atoms with Crippen LogP contribution in [0.15, 0.2) is 48.5 Å². The van der Waals surface area contributed by atoms with Crippen LogP contribution < -0.4 is 39.4 Å². The molecule has 0 aliphatic carbocycles. The Morgan fingerprint density at radius 2 is 1.59 bits per heavy atom. The van der Waals surface area contributed by atoms with Crippen LogP contribution in [0.1, 0.15) is 0 Å². The van der Waals surface area contributed by atoms with E-state index in [1.807, 2.05) is 0 Å². The van der Waals surface area contributed by atoms with E-state index in [-0.39, 0.29) is 46.3 Å². The summed E-state index contributed by atoms with van der Waals surface area (Å²) in [5, 5.41) is 10.6. The van der Waals surface area contributed by atoms with Crippen molar-refractivity contribution in [2.24, 2.45) is 0 Å². The van der Waals surface area contributed by atoms with E-state index in [1.54, 1.807) is 12.1 Å². The molecule has 0 saturated heterocycles. The maximum absolute atomic E-state index is 13.8. The first-order valence-corrected chi connectivity index (χ1v) is 7.73. The molecule has 0 atom stereocenters. The smallest absolute Gasteiger partial charge is 0.546 e. The summed E-state index contributed by atoms with van der Waals surface area (Å²) in [5.74, 6) is -2.50. The zero-order valence-electron chi connectivity index (χ0n) is 14.1. The molecule has 3 aromatic rings. The van der Waals surface area contributed by atoms with Crippen LogP contribution in [-0.2, 0) is 4.79 Å². The van der Waals surface area contributed by atoms with E-state index < -0.39 is 24.2 Å². The van der Waals surface area contributed by atoms with Crippen molar-refractivity contribution in [1.29, 1.82) is 0 Å². The van der Waals surface area contributed by atoms with Crippen LogP contribution in [0.2, 0.25) is 5.02 Å². The summed E-state index contributed by atoms with van der Waals surface area (Å²) < 4.78 is 31.9. The van der Waals surface area contributed by atoms with Crippen LogP contribution >= 0.6 is 11.6 Å². The third-order valence-electron chi connectivity index (χ3n) is 3.38. The first kappa shape index (κ1) is 21.2. The molecule has 0 saturated carbocycles. The monoisotopic (exact) mass is 398 g/mol. The molecule has 1 aromatic heterocycles. The molecule has 0 fully saturated rings. The molecule has 0 aliphatic rings. The molecule has 0 unspecified atom stereocenters. The van der Waals surface area contributed by atoms with E-state index in [2.05, 4.69) is 9.97 Å². The SMILES string of the molecule is O=C([O-])COc1nc(-c2ccc(F)cc2)cc(-c2ccc(Cl)c(F)c2)n1.[Na+]. The normalized spacial score (nSPS) is 10.2. The van der Waals surface area contributed by atoms with Gasteiger partial charge < -0.3 is 14.6 Å². The van der Waals surface area contributed by atoms with Crippen molar-refractivity contribution < 1.29 is 53.0 Å². The number of halogens is 3. The Morgan fingerprint density at radius 1 is 1.00 bits per heavy atom. The molecule has 0 amide bonds. The Bertz CT molecular complexity index is 971. The Balaban J connectivity index is 0.00000261. The van der Waals surface area contributed by atoms with Crippen LogP contribution in [0.4, 0.5) is 8.78 Å². The number of aliphatic carboxylic acids is 1. The maximum Gasteiger partial charge on any atom is 1.00 e. The van der Waals surface area contributed by atoms with E-state index in [1.165, 1.54) is 36.4 Å². The maximum atomic E-state index is 13.8. The van der Waals surface area contributed by atoms with Gasteiger partial charge in [-0.05, 0) is 42.5 Å². The number of ether oxygens (including phenoxy) is 1. The van der Waals surface area contributed by atoms with Gasteiger partial charge in [-0.15, -0.1) is 0 Å². The van der Waals surface area contributed by atoms with Crippen molar-refractivity contribution in [1.82, 2.24) is 9.97 Å². The number of benzene rings is 2. The van der Waals surface area contributed by atoms with Gasteiger partial charge in [-0.2, -0.15) is 9.97 Å². The van der Waals surface area contributed by atoms with Gasteiger partial charge in [-0.3, -0.25) is 0 Å². The number of aromatic nitrogens is 2. The number of nitrogens with zero attached hydrogens (tertiary/aromatic N) is 2. The summed E-state index contributed by atoms with van der Waals surface area (Å²) in [6.45, 7) is -0.749. The zero-order chi connectivity index (χ0) is 18.7. The van der Waals surface area contributed by atoms with Crippen molar-refractivity contribution in [3.63, 3.8) is 0 Å². The zero-order valence-corrected chi connectivity index (χ0v) is 16.8. The second-order valence-electron chi connectivity index (χ2n) is 5.22. The summed E-state index contributed by atoms with van der Waals surface area (Å²) in [6.07, 6.45) is 0. The molecule has 1 heterocycles. The Morgan fingerprint density at radius 3 is 2.19 bits per heavy atom. The van der Waals surface area contributed by atoms with Gasteiger partial charge in [0.15, 0.2) is 0 Å². The number of carbonyl (C=O) groups excluding carboxylic acids is 1. The van der Waals surface area contributed by atoms with Gasteiger partial charge in [-0.25, -0.2) is 8.78 Å². The average molecular weight is 399 g/mol. The van der Waals surface area contributed by atoms with Crippen molar-refractivity contribution >= 4 is 17.6 Å². The van der Waals surface area contributed by atoms with E-state index in [9.17, 15) is 18.7 Å². The van der Waals surface area contributed by atoms with Gasteiger partial charge in [0, 0.05) is 11.1 Å². The molecule has 9 heteroatoms. The summed E-state index contributed by atoms with van der Waals surface area (Å²) in [5.41, 5.74) is 1.56. The minimum absolute atomic E-state index is 0. The number of rotatable bonds is 5. The van der Waals surface area contributed by atoms with Crippen LogP contribution in [0.25, 0.3) is 22.5 Å². The fourth-order valence-electron chi connectivity index (χ4n) is 2.19. The molecule has 27 heavy (non-hydrogen) atoms. The Kier molecular flexibility index (Phi) is 7.26. The molecule has 132 valence electrons. The quantitative estimate of drug-likeness (QED) is 0.560. The topological polar surface area (TPSA) is 75.1 Å². The van der Waals surface area contributed by atoms with Crippen LogP contribution in [0.5, 0.6) is 6.01 Å². The van der Waals surface area contributed by atoms with Crippen molar-refractivity contribution in [3.05, 3.63) is 65.2 Å². The third kappa shape index (κ3) is 5.46. The first-order valence-electron chi connectivity index (χ1n) is 7.35. The average Bonchev–Trinajstić information content (AvgIpc) is 2.62. The van der Waals surface area contributed by atoms with Crippen molar-refractivity contribution in [2.45, 2.75) is 0 Å². The van der Waals surface area contributed by atoms with Crippen LogP contribution in [0, 0.1) is 11.6 Å². The molecule has 0 radical (unpaired) electrons. The van der Waals surface area contributed by atoms with E-state index in [0.29, 0.717) is 16.8 Å². The summed E-state index contributed by atoms with van der Waals surface area (Å²) >= 11 is 5.69. The Hall–Kier alpha value is -2.06. The van der Waals surface area contributed by atoms with Crippen LogP contribution in [-0.4, -0.2) is 22.5 Å². The van der Waals surface area contributed by atoms with Gasteiger partial charge in [0.1, 0.15) is 18.2 Å². The minimum Gasteiger partial charge on any atom is -0.546 e. The van der Waals surface area contributed by atoms with Crippen molar-refractivity contribution in [2.75, 3.05) is 6.61 Å². The number of carboxylic acids is 1. The molecule has 0 N–H and O–H groups in total. The largest absolute Gasteiger partial charge is 1.00 e. The third-order valence-corrected chi connectivity index (χ3v) is 3.69. The van der Waals surface area contributed by atoms with Crippen LogP contribution in [0.3, 0.4) is 0 Å². The Labute approximate surface area is 180 Å². The minimum atomic E-state index is -1.44. The molecule has 0 bridgehead atoms. The van der Waals surface area contributed by atoms with Gasteiger partial charge in [0.2, 0.25) is 0 Å². The molecule has 0 aliphatic heterocycles. The fourth-order valence-corrected chi connectivity index (χ4v) is 2.30. The number of hydrogen-bond acceptors (Lipinski definition) is 5. The van der Waals surface area contributed by atoms with Gasteiger partial charge in [0.05, 0.1) is 22.4 Å². The molecule has 5 nitrogen and oxygen atoms in total. The predicted molar refractivity (Wildman–Crippen MR) is 88.3 cm³/mol. The molecule has 0 spiro atoms. The fraction of sp³-hybridized carbons (Fsp3) is 0.0556. The van der Waals surface area contributed by atoms with Gasteiger partial charge in [0.25, 0.3) is 0 Å². The van der Waals surface area contributed by atoms with Gasteiger partial charge in [-0.1, -0.05) is 17.7 Å². The molecule has 2 aromatic carbocycles. The first-order chi connectivity index (χ1) is 12.4. The summed E-state index contributed by atoms with van der Waals surface area (Å²) in [4.78, 5) is 18.8. The number of carbonyl (C=O) groups is 1. The molecule has 3 rings (SSSR count). The number of hydrogen-bond donors (Lipinski definition) is 0. The number of carboxylic acid groups (broad SMARTS) is 1. The van der Waals surface area contributed by atoms with E-state index in [4.69, 9.17) is 16.3 Å². The van der Waals surface area contributed by atoms with E-state index >= 15 is 0 Å². The van der Waals surface area contributed by atoms with Crippen molar-refractivity contribution in [3.8, 4) is 28.5 Å². The second-order valence-corrected chi connectivity index (χ2v) is 5.62. The molecular weight excluding hydrogens is 389 g/mol. The summed E-state index contributed by atoms with van der Waals surface area (Å²) in [7, 11) is 0. The second kappa shape index (κ2) is 9.23. The molecular formula is C18H10ClF2N2NaO3.